The third-order valence-corrected chi connectivity index (χ3v) is 3.81. The molecule has 0 bridgehead atoms. The molecule has 110 valence electrons. The van der Waals surface area contributed by atoms with Gasteiger partial charge in [0.15, 0.2) is 5.13 Å². The monoisotopic (exact) mass is 311 g/mol. The number of aromatic nitrogens is 2. The number of benzene rings is 1. The van der Waals surface area contributed by atoms with Gasteiger partial charge in [0.05, 0.1) is 12.8 Å². The number of rotatable bonds is 4. The summed E-state index contributed by atoms with van der Waals surface area (Å²) in [7, 11) is 1.59. The second-order valence-electron chi connectivity index (χ2n) is 4.46. The first-order valence-corrected chi connectivity index (χ1v) is 7.45. The first kappa shape index (κ1) is 14.2. The van der Waals surface area contributed by atoms with Crippen LogP contribution in [0.1, 0.15) is 10.4 Å². The molecule has 6 heteroatoms. The van der Waals surface area contributed by atoms with Crippen LogP contribution in [0.3, 0.4) is 0 Å². The van der Waals surface area contributed by atoms with Gasteiger partial charge in [-0.05, 0) is 36.4 Å². The summed E-state index contributed by atoms with van der Waals surface area (Å²) in [6.07, 6.45) is 3.43. The topological polar surface area (TPSA) is 64.1 Å². The standard InChI is InChI=1S/C16H13N3O2S/c1-21-13-4-2-12(3-5-13)15(20)19-16-18-14(10-22-16)11-6-8-17-9-7-11/h2-10H,1H3,(H,18,19,20). The normalized spacial score (nSPS) is 10.2. The minimum absolute atomic E-state index is 0.196. The molecule has 0 radical (unpaired) electrons. The number of amides is 1. The van der Waals surface area contributed by atoms with Crippen LogP contribution >= 0.6 is 11.3 Å². The summed E-state index contributed by atoms with van der Waals surface area (Å²) < 4.78 is 5.07. The Kier molecular flexibility index (Phi) is 4.11. The van der Waals surface area contributed by atoms with Crippen molar-refractivity contribution in [1.82, 2.24) is 9.97 Å². The molecule has 5 nitrogen and oxygen atoms in total. The molecule has 0 atom stereocenters. The first-order valence-electron chi connectivity index (χ1n) is 6.57. The van der Waals surface area contributed by atoms with Crippen molar-refractivity contribution in [3.8, 4) is 17.0 Å². The SMILES string of the molecule is COc1ccc(C(=O)Nc2nc(-c3ccncc3)cs2)cc1. The lowest BCUT2D eigenvalue weighted by Crippen LogP contribution is -2.11. The van der Waals surface area contributed by atoms with Gasteiger partial charge in [0.2, 0.25) is 0 Å². The molecular formula is C16H13N3O2S. The predicted molar refractivity (Wildman–Crippen MR) is 86.3 cm³/mol. The van der Waals surface area contributed by atoms with Gasteiger partial charge in [-0.25, -0.2) is 4.98 Å². The Morgan fingerprint density at radius 3 is 2.55 bits per heavy atom. The summed E-state index contributed by atoms with van der Waals surface area (Å²) >= 11 is 1.39. The van der Waals surface area contributed by atoms with E-state index in [9.17, 15) is 4.79 Å². The second kappa shape index (κ2) is 6.36. The van der Waals surface area contributed by atoms with Crippen LogP contribution in [-0.4, -0.2) is 23.0 Å². The zero-order valence-electron chi connectivity index (χ0n) is 11.8. The van der Waals surface area contributed by atoms with Gasteiger partial charge in [-0.3, -0.25) is 15.1 Å². The number of carbonyl (C=O) groups is 1. The zero-order valence-corrected chi connectivity index (χ0v) is 12.6. The van der Waals surface area contributed by atoms with Crippen molar-refractivity contribution in [2.45, 2.75) is 0 Å². The molecule has 0 fully saturated rings. The van der Waals surface area contributed by atoms with Crippen LogP contribution in [-0.2, 0) is 0 Å². The van der Waals surface area contributed by atoms with Gasteiger partial charge in [0.1, 0.15) is 5.75 Å². The van der Waals surface area contributed by atoms with Crippen LogP contribution in [0.25, 0.3) is 11.3 Å². The smallest absolute Gasteiger partial charge is 0.257 e. The first-order chi connectivity index (χ1) is 10.8. The van der Waals surface area contributed by atoms with Crippen LogP contribution in [0, 0.1) is 0 Å². The summed E-state index contributed by atoms with van der Waals surface area (Å²) in [6, 6.07) is 10.7. The molecule has 1 amide bonds. The maximum atomic E-state index is 12.2. The maximum absolute atomic E-state index is 12.2. The Balaban J connectivity index is 1.73. The Hall–Kier alpha value is -2.73. The Morgan fingerprint density at radius 1 is 1.14 bits per heavy atom. The molecule has 2 heterocycles. The molecule has 1 N–H and O–H groups in total. The Bertz CT molecular complexity index is 770. The molecule has 0 unspecified atom stereocenters. The van der Waals surface area contributed by atoms with Crippen LogP contribution in [0.5, 0.6) is 5.75 Å². The summed E-state index contributed by atoms with van der Waals surface area (Å²) in [6.45, 7) is 0. The zero-order chi connectivity index (χ0) is 15.4. The van der Waals surface area contributed by atoms with Gasteiger partial charge in [-0.2, -0.15) is 0 Å². The van der Waals surface area contributed by atoms with Gasteiger partial charge in [0, 0.05) is 28.9 Å². The van der Waals surface area contributed by atoms with Gasteiger partial charge < -0.3 is 4.74 Å². The highest BCUT2D eigenvalue weighted by molar-refractivity contribution is 7.14. The highest BCUT2D eigenvalue weighted by Crippen LogP contribution is 2.24. The number of ether oxygens (including phenoxy) is 1. The lowest BCUT2D eigenvalue weighted by molar-refractivity contribution is 0.102. The molecule has 0 aliphatic rings. The van der Waals surface area contributed by atoms with Crippen LogP contribution in [0.4, 0.5) is 5.13 Å². The summed E-state index contributed by atoms with van der Waals surface area (Å²) in [4.78, 5) is 20.6. The third kappa shape index (κ3) is 3.12. The average Bonchev–Trinajstić information content (AvgIpc) is 3.04. The highest BCUT2D eigenvalue weighted by Gasteiger charge is 2.10. The average molecular weight is 311 g/mol. The molecule has 0 spiro atoms. The number of hydrogen-bond donors (Lipinski definition) is 1. The fourth-order valence-corrected chi connectivity index (χ4v) is 2.61. The van der Waals surface area contributed by atoms with E-state index in [2.05, 4.69) is 15.3 Å². The van der Waals surface area contributed by atoms with E-state index in [0.717, 1.165) is 11.3 Å². The maximum Gasteiger partial charge on any atom is 0.257 e. The number of thiazole rings is 1. The van der Waals surface area contributed by atoms with E-state index in [1.54, 1.807) is 43.8 Å². The number of methoxy groups -OCH3 is 1. The van der Waals surface area contributed by atoms with E-state index in [1.165, 1.54) is 11.3 Å². The van der Waals surface area contributed by atoms with Crippen molar-refractivity contribution in [3.63, 3.8) is 0 Å². The molecule has 3 rings (SSSR count). The van der Waals surface area contributed by atoms with Crippen molar-refractivity contribution in [1.29, 1.82) is 0 Å². The molecule has 0 saturated heterocycles. The van der Waals surface area contributed by atoms with E-state index in [4.69, 9.17) is 4.74 Å². The summed E-state index contributed by atoms with van der Waals surface area (Å²) in [5, 5.41) is 5.26. The molecule has 22 heavy (non-hydrogen) atoms. The minimum atomic E-state index is -0.196. The fraction of sp³-hybridized carbons (Fsp3) is 0.0625. The summed E-state index contributed by atoms with van der Waals surface area (Å²) in [5.41, 5.74) is 2.34. The van der Waals surface area contributed by atoms with E-state index < -0.39 is 0 Å². The molecule has 1 aromatic carbocycles. The lowest BCUT2D eigenvalue weighted by atomic mass is 10.2. The lowest BCUT2D eigenvalue weighted by Gasteiger charge is -2.03. The predicted octanol–water partition coefficient (Wildman–Crippen LogP) is 3.47. The van der Waals surface area contributed by atoms with E-state index in [1.807, 2.05) is 17.5 Å². The van der Waals surface area contributed by atoms with Crippen molar-refractivity contribution in [3.05, 3.63) is 59.7 Å². The van der Waals surface area contributed by atoms with Crippen molar-refractivity contribution in [2.75, 3.05) is 12.4 Å². The third-order valence-electron chi connectivity index (χ3n) is 3.05. The van der Waals surface area contributed by atoms with Gasteiger partial charge >= 0.3 is 0 Å². The number of nitrogens with one attached hydrogen (secondary N) is 1. The van der Waals surface area contributed by atoms with E-state index >= 15 is 0 Å². The quantitative estimate of drug-likeness (QED) is 0.801. The molecule has 3 aromatic rings. The molecular weight excluding hydrogens is 298 g/mol. The largest absolute Gasteiger partial charge is 0.497 e. The number of hydrogen-bond acceptors (Lipinski definition) is 5. The number of nitrogens with zero attached hydrogens (tertiary/aromatic N) is 2. The van der Waals surface area contributed by atoms with Crippen molar-refractivity contribution >= 4 is 22.4 Å². The highest BCUT2D eigenvalue weighted by atomic mass is 32.1. The minimum Gasteiger partial charge on any atom is -0.497 e. The van der Waals surface area contributed by atoms with Crippen LogP contribution in [0.15, 0.2) is 54.2 Å². The Labute approximate surface area is 131 Å². The number of carbonyl (C=O) groups excluding carboxylic acids is 1. The van der Waals surface area contributed by atoms with E-state index in [-0.39, 0.29) is 5.91 Å². The summed E-state index contributed by atoms with van der Waals surface area (Å²) in [5.74, 6) is 0.518. The van der Waals surface area contributed by atoms with Crippen LogP contribution in [0.2, 0.25) is 0 Å². The fourth-order valence-electron chi connectivity index (χ4n) is 1.90. The molecule has 0 aliphatic carbocycles. The van der Waals surface area contributed by atoms with Gasteiger partial charge in [-0.15, -0.1) is 11.3 Å². The van der Waals surface area contributed by atoms with Crippen molar-refractivity contribution in [2.24, 2.45) is 0 Å². The molecule has 0 aliphatic heterocycles. The van der Waals surface area contributed by atoms with E-state index in [0.29, 0.717) is 16.4 Å². The number of pyridine rings is 1. The molecule has 0 saturated carbocycles. The number of anilines is 1. The van der Waals surface area contributed by atoms with Crippen LogP contribution < -0.4 is 10.1 Å². The molecule has 2 aromatic heterocycles. The second-order valence-corrected chi connectivity index (χ2v) is 5.31. The van der Waals surface area contributed by atoms with Gasteiger partial charge in [0.25, 0.3) is 5.91 Å². The van der Waals surface area contributed by atoms with Crippen molar-refractivity contribution < 1.29 is 9.53 Å². The van der Waals surface area contributed by atoms with Gasteiger partial charge in [-0.1, -0.05) is 0 Å². The Morgan fingerprint density at radius 2 is 1.86 bits per heavy atom.